The molecule has 0 amide bonds. The number of hydrogen-bond acceptors (Lipinski definition) is 5. The number of hydrogen-bond donors (Lipinski definition) is 3. The second kappa shape index (κ2) is 10.0. The van der Waals surface area contributed by atoms with E-state index in [0.717, 1.165) is 35.9 Å². The first-order valence-corrected chi connectivity index (χ1v) is 13.3. The van der Waals surface area contributed by atoms with Crippen molar-refractivity contribution in [1.29, 1.82) is 0 Å². The van der Waals surface area contributed by atoms with E-state index in [9.17, 15) is 18.3 Å². The van der Waals surface area contributed by atoms with Gasteiger partial charge in [-0.2, -0.15) is 0 Å². The molecule has 0 aliphatic rings. The number of aromatic hydroxyl groups is 1. The molecule has 2 aromatic heterocycles. The lowest BCUT2D eigenvalue weighted by Gasteiger charge is -2.26. The molecule has 0 spiro atoms. The highest BCUT2D eigenvalue weighted by Gasteiger charge is 2.25. The number of sulfonamides is 1. The van der Waals surface area contributed by atoms with E-state index >= 15 is 0 Å². The van der Waals surface area contributed by atoms with Gasteiger partial charge in [0.15, 0.2) is 0 Å². The lowest BCUT2D eigenvalue weighted by Crippen LogP contribution is -2.15. The molecule has 182 valence electrons. The van der Waals surface area contributed by atoms with Crippen LogP contribution in [0.2, 0.25) is 0 Å². The highest BCUT2D eigenvalue weighted by atomic mass is 32.2. The van der Waals surface area contributed by atoms with Gasteiger partial charge in [0.1, 0.15) is 5.75 Å². The topological polar surface area (TPSA) is 112 Å². The fourth-order valence-corrected chi connectivity index (χ4v) is 4.58. The lowest BCUT2D eigenvalue weighted by atomic mass is 9.80. The largest absolute Gasteiger partial charge is 0.507 e. The first-order valence-electron chi connectivity index (χ1n) is 11.4. The molecule has 0 bridgehead atoms. The van der Waals surface area contributed by atoms with Crippen molar-refractivity contribution in [3.05, 3.63) is 76.0 Å². The second-order valence-electron chi connectivity index (χ2n) is 9.73. The van der Waals surface area contributed by atoms with Crippen molar-refractivity contribution in [3.63, 3.8) is 0 Å². The molecule has 0 radical (unpaired) electrons. The first kappa shape index (κ1) is 25.5. The highest BCUT2D eigenvalue weighted by Crippen LogP contribution is 2.41. The van der Waals surface area contributed by atoms with E-state index in [-0.39, 0.29) is 22.6 Å². The Labute approximate surface area is 201 Å². The van der Waals surface area contributed by atoms with E-state index in [0.29, 0.717) is 23.2 Å². The SMILES string of the molecule is CCCC(Cc1ccc(NS(C)(=O)=O)cn1)c1cc(C(C)(C)C)cc(-c2ccc[nH]c2=O)c1O. The van der Waals surface area contributed by atoms with Crippen LogP contribution in [0.1, 0.15) is 63.3 Å². The van der Waals surface area contributed by atoms with E-state index in [1.807, 2.05) is 12.1 Å². The Bertz CT molecular complexity index is 1310. The van der Waals surface area contributed by atoms with Crippen molar-refractivity contribution in [2.45, 2.75) is 58.3 Å². The third-order valence-electron chi connectivity index (χ3n) is 5.77. The maximum atomic E-state index is 12.5. The second-order valence-corrected chi connectivity index (χ2v) is 11.5. The average molecular weight is 484 g/mol. The number of aromatic nitrogens is 2. The summed E-state index contributed by atoms with van der Waals surface area (Å²) in [7, 11) is -3.37. The number of pyridine rings is 2. The zero-order valence-corrected chi connectivity index (χ0v) is 21.2. The number of phenols is 1. The molecule has 8 heteroatoms. The maximum absolute atomic E-state index is 12.5. The zero-order chi connectivity index (χ0) is 25.1. The lowest BCUT2D eigenvalue weighted by molar-refractivity contribution is 0.455. The van der Waals surface area contributed by atoms with Crippen molar-refractivity contribution in [2.24, 2.45) is 0 Å². The minimum absolute atomic E-state index is 0.0324. The van der Waals surface area contributed by atoms with Gasteiger partial charge >= 0.3 is 0 Å². The van der Waals surface area contributed by atoms with Gasteiger partial charge in [0.05, 0.1) is 23.7 Å². The predicted molar refractivity (Wildman–Crippen MR) is 137 cm³/mol. The Kier molecular flexibility index (Phi) is 7.51. The van der Waals surface area contributed by atoms with Gasteiger partial charge in [-0.25, -0.2) is 8.42 Å². The minimum atomic E-state index is -3.37. The van der Waals surface area contributed by atoms with Crippen molar-refractivity contribution in [1.82, 2.24) is 9.97 Å². The number of rotatable bonds is 8. The molecular weight excluding hydrogens is 450 g/mol. The van der Waals surface area contributed by atoms with Crippen LogP contribution in [0.15, 0.2) is 53.6 Å². The van der Waals surface area contributed by atoms with Crippen molar-refractivity contribution in [2.75, 3.05) is 11.0 Å². The maximum Gasteiger partial charge on any atom is 0.255 e. The Morgan fingerprint density at radius 1 is 1.15 bits per heavy atom. The summed E-state index contributed by atoms with van der Waals surface area (Å²) in [4.78, 5) is 19.7. The molecule has 1 atom stereocenters. The number of benzene rings is 1. The van der Waals surface area contributed by atoms with E-state index < -0.39 is 10.0 Å². The molecule has 3 rings (SSSR count). The molecule has 0 saturated carbocycles. The van der Waals surface area contributed by atoms with E-state index in [1.165, 1.54) is 6.20 Å². The van der Waals surface area contributed by atoms with E-state index in [4.69, 9.17) is 0 Å². The monoisotopic (exact) mass is 483 g/mol. The molecule has 0 fully saturated rings. The van der Waals surface area contributed by atoms with Crippen LogP contribution in [0, 0.1) is 0 Å². The Hall–Kier alpha value is -3.13. The summed E-state index contributed by atoms with van der Waals surface area (Å²) in [5.41, 5.74) is 3.51. The van der Waals surface area contributed by atoms with Crippen LogP contribution in [0.5, 0.6) is 5.75 Å². The Morgan fingerprint density at radius 3 is 2.44 bits per heavy atom. The molecule has 1 unspecified atom stereocenters. The van der Waals surface area contributed by atoms with Crippen LogP contribution in [-0.2, 0) is 21.9 Å². The summed E-state index contributed by atoms with van der Waals surface area (Å²) in [6.45, 7) is 8.40. The molecule has 0 aliphatic carbocycles. The number of nitrogens with one attached hydrogen (secondary N) is 2. The Morgan fingerprint density at radius 2 is 1.88 bits per heavy atom. The van der Waals surface area contributed by atoms with E-state index in [1.54, 1.807) is 30.5 Å². The first-order chi connectivity index (χ1) is 15.9. The van der Waals surface area contributed by atoms with Gasteiger partial charge in [-0.1, -0.05) is 40.2 Å². The van der Waals surface area contributed by atoms with Gasteiger partial charge in [0.25, 0.3) is 5.56 Å². The van der Waals surface area contributed by atoms with Crippen molar-refractivity contribution < 1.29 is 13.5 Å². The van der Waals surface area contributed by atoms with Gasteiger partial charge in [0.2, 0.25) is 10.0 Å². The summed E-state index contributed by atoms with van der Waals surface area (Å²) in [5, 5.41) is 11.4. The predicted octanol–water partition coefficient (Wildman–Crippen LogP) is 4.94. The normalized spacial score (nSPS) is 13.0. The molecule has 2 heterocycles. The quantitative estimate of drug-likeness (QED) is 0.420. The molecular formula is C26H33N3O4S. The van der Waals surface area contributed by atoms with Gasteiger partial charge in [0, 0.05) is 17.5 Å². The van der Waals surface area contributed by atoms with Crippen LogP contribution in [0.4, 0.5) is 5.69 Å². The third-order valence-corrected chi connectivity index (χ3v) is 6.38. The summed E-state index contributed by atoms with van der Waals surface area (Å²) in [5.74, 6) is 0.0774. The summed E-state index contributed by atoms with van der Waals surface area (Å²) in [6.07, 6.45) is 6.46. The highest BCUT2D eigenvalue weighted by molar-refractivity contribution is 7.92. The number of phenolic OH excluding ortho intramolecular Hbond substituents is 1. The van der Waals surface area contributed by atoms with E-state index in [2.05, 4.69) is 42.4 Å². The summed E-state index contributed by atoms with van der Waals surface area (Å²) >= 11 is 0. The molecule has 34 heavy (non-hydrogen) atoms. The molecule has 0 aliphatic heterocycles. The van der Waals surface area contributed by atoms with Gasteiger partial charge < -0.3 is 10.1 Å². The molecule has 7 nitrogen and oxygen atoms in total. The fraction of sp³-hybridized carbons (Fsp3) is 0.385. The van der Waals surface area contributed by atoms with Crippen molar-refractivity contribution in [3.8, 4) is 16.9 Å². The fourth-order valence-electron chi connectivity index (χ4n) is 4.03. The number of nitrogens with zero attached hydrogens (tertiary/aromatic N) is 1. The number of anilines is 1. The zero-order valence-electron chi connectivity index (χ0n) is 20.3. The van der Waals surface area contributed by atoms with Crippen LogP contribution in [-0.4, -0.2) is 29.7 Å². The van der Waals surface area contributed by atoms with Crippen LogP contribution in [0.25, 0.3) is 11.1 Å². The average Bonchev–Trinajstić information content (AvgIpc) is 2.74. The standard InChI is InChI=1S/C26H33N3O4S/c1-6-8-17(13-19-10-11-20(16-28-19)29-34(5,32)33)22-14-18(26(2,3)4)15-23(24(22)30)21-9-7-12-27-25(21)31/h7,9-12,14-17,29-30H,6,8,13H2,1-5H3,(H,27,31). The number of aromatic amines is 1. The van der Waals surface area contributed by atoms with Crippen LogP contribution >= 0.6 is 0 Å². The van der Waals surface area contributed by atoms with Crippen molar-refractivity contribution >= 4 is 15.7 Å². The number of H-pyrrole nitrogens is 1. The van der Waals surface area contributed by atoms with Gasteiger partial charge in [-0.3, -0.25) is 14.5 Å². The molecule has 3 aromatic rings. The summed E-state index contributed by atoms with van der Waals surface area (Å²) < 4.78 is 25.4. The van der Waals surface area contributed by atoms with Gasteiger partial charge in [-0.05, 0) is 65.6 Å². The minimum Gasteiger partial charge on any atom is -0.507 e. The summed E-state index contributed by atoms with van der Waals surface area (Å²) in [6, 6.07) is 10.9. The third kappa shape index (κ3) is 6.26. The van der Waals surface area contributed by atoms with Crippen LogP contribution in [0.3, 0.4) is 0 Å². The van der Waals surface area contributed by atoms with Gasteiger partial charge in [-0.15, -0.1) is 0 Å². The Balaban J connectivity index is 2.07. The van der Waals surface area contributed by atoms with Crippen LogP contribution < -0.4 is 10.3 Å². The molecule has 0 saturated heterocycles. The smallest absolute Gasteiger partial charge is 0.255 e. The molecule has 3 N–H and O–H groups in total. The molecule has 1 aromatic carbocycles.